The number of carbonyl (C=O) groups is 1. The summed E-state index contributed by atoms with van der Waals surface area (Å²) < 4.78 is 11.3. The molecule has 1 amide bonds. The van der Waals surface area contributed by atoms with Crippen LogP contribution < -0.4 is 10.6 Å². The minimum atomic E-state index is -0.864. The fraction of sp³-hybridized carbons (Fsp3) is 0.588. The molecule has 2 N–H and O–H groups in total. The lowest BCUT2D eigenvalue weighted by Crippen LogP contribution is -2.39. The van der Waals surface area contributed by atoms with Crippen molar-refractivity contribution in [1.82, 2.24) is 5.32 Å². The number of halogens is 1. The van der Waals surface area contributed by atoms with Crippen LogP contribution in [0.1, 0.15) is 37.7 Å². The molecule has 0 aliphatic carbocycles. The predicted molar refractivity (Wildman–Crippen MR) is 97.4 cm³/mol. The SMILES string of the molecule is CS(=O)Cc1cccc(NC(=O)CC2CC3CCC(C2)N3)c1.Cl. The Morgan fingerprint density at radius 2 is 2.00 bits per heavy atom. The maximum absolute atomic E-state index is 12.3. The van der Waals surface area contributed by atoms with Gasteiger partial charge in [-0.1, -0.05) is 12.1 Å². The summed E-state index contributed by atoms with van der Waals surface area (Å²) in [5, 5.41) is 6.60. The quantitative estimate of drug-likeness (QED) is 0.852. The van der Waals surface area contributed by atoms with E-state index in [4.69, 9.17) is 0 Å². The van der Waals surface area contributed by atoms with Gasteiger partial charge in [-0.3, -0.25) is 9.00 Å². The first kappa shape index (κ1) is 18.4. The molecule has 2 bridgehead atoms. The summed E-state index contributed by atoms with van der Waals surface area (Å²) >= 11 is 0. The molecule has 2 aliphatic rings. The fourth-order valence-corrected chi connectivity index (χ4v) is 4.44. The lowest BCUT2D eigenvalue weighted by atomic mass is 9.89. The normalized spacial score (nSPS) is 27.1. The van der Waals surface area contributed by atoms with Gasteiger partial charge in [-0.15, -0.1) is 12.4 Å². The second kappa shape index (κ2) is 8.27. The Hall–Kier alpha value is -0.910. The van der Waals surface area contributed by atoms with Crippen molar-refractivity contribution < 1.29 is 9.00 Å². The molecule has 2 fully saturated rings. The van der Waals surface area contributed by atoms with E-state index in [9.17, 15) is 9.00 Å². The first-order valence-electron chi connectivity index (χ1n) is 8.03. The second-order valence-corrected chi connectivity index (χ2v) is 8.08. The Morgan fingerprint density at radius 1 is 1.30 bits per heavy atom. The van der Waals surface area contributed by atoms with Crippen molar-refractivity contribution in [3.05, 3.63) is 29.8 Å². The van der Waals surface area contributed by atoms with Crippen LogP contribution in [-0.2, 0) is 21.3 Å². The lowest BCUT2D eigenvalue weighted by molar-refractivity contribution is -0.117. The second-order valence-electron chi connectivity index (χ2n) is 6.65. The molecule has 0 radical (unpaired) electrons. The molecule has 3 unspecified atom stereocenters. The fourth-order valence-electron chi connectivity index (χ4n) is 3.79. The highest BCUT2D eigenvalue weighted by Crippen LogP contribution is 2.32. The molecule has 23 heavy (non-hydrogen) atoms. The van der Waals surface area contributed by atoms with Crippen molar-refractivity contribution in [3.63, 3.8) is 0 Å². The summed E-state index contributed by atoms with van der Waals surface area (Å²) in [7, 11) is -0.864. The van der Waals surface area contributed by atoms with E-state index in [1.807, 2.05) is 24.3 Å². The molecular weight excluding hydrogens is 332 g/mol. The molecular formula is C17H25ClN2O2S. The highest BCUT2D eigenvalue weighted by molar-refractivity contribution is 7.83. The van der Waals surface area contributed by atoms with Gasteiger partial charge in [-0.05, 0) is 49.3 Å². The number of carbonyl (C=O) groups excluding carboxylic acids is 1. The van der Waals surface area contributed by atoms with Gasteiger partial charge >= 0.3 is 0 Å². The molecule has 3 atom stereocenters. The van der Waals surface area contributed by atoms with Gasteiger partial charge in [0.25, 0.3) is 0 Å². The summed E-state index contributed by atoms with van der Waals surface area (Å²) in [4.78, 5) is 12.3. The van der Waals surface area contributed by atoms with Crippen LogP contribution in [0.25, 0.3) is 0 Å². The molecule has 6 heteroatoms. The molecule has 4 nitrogen and oxygen atoms in total. The van der Waals surface area contributed by atoms with Crippen molar-refractivity contribution in [2.24, 2.45) is 5.92 Å². The summed E-state index contributed by atoms with van der Waals surface area (Å²) in [5.74, 6) is 1.13. The smallest absolute Gasteiger partial charge is 0.224 e. The van der Waals surface area contributed by atoms with Crippen LogP contribution >= 0.6 is 12.4 Å². The van der Waals surface area contributed by atoms with E-state index in [1.165, 1.54) is 12.8 Å². The number of benzene rings is 1. The van der Waals surface area contributed by atoms with Crippen LogP contribution in [0.15, 0.2) is 24.3 Å². The van der Waals surface area contributed by atoms with Crippen LogP contribution in [0.4, 0.5) is 5.69 Å². The minimum absolute atomic E-state index is 0. The van der Waals surface area contributed by atoms with Crippen molar-refractivity contribution in [2.75, 3.05) is 11.6 Å². The molecule has 0 spiro atoms. The molecule has 128 valence electrons. The number of piperidine rings is 1. The summed E-state index contributed by atoms with van der Waals surface area (Å²) in [6, 6.07) is 8.92. The van der Waals surface area contributed by atoms with Gasteiger partial charge in [0.2, 0.25) is 5.91 Å². The van der Waals surface area contributed by atoms with Gasteiger partial charge in [0.05, 0.1) is 0 Å². The van der Waals surface area contributed by atoms with E-state index >= 15 is 0 Å². The van der Waals surface area contributed by atoms with E-state index in [2.05, 4.69) is 10.6 Å². The van der Waals surface area contributed by atoms with Gasteiger partial charge < -0.3 is 10.6 Å². The zero-order valence-corrected chi connectivity index (χ0v) is 15.1. The van der Waals surface area contributed by atoms with E-state index < -0.39 is 10.8 Å². The highest BCUT2D eigenvalue weighted by Gasteiger charge is 2.34. The van der Waals surface area contributed by atoms with Crippen LogP contribution in [0.5, 0.6) is 0 Å². The van der Waals surface area contributed by atoms with Crippen LogP contribution in [0.3, 0.4) is 0 Å². The summed E-state index contributed by atoms with van der Waals surface area (Å²) in [6.45, 7) is 0. The van der Waals surface area contributed by atoms with Crippen LogP contribution in [0, 0.1) is 5.92 Å². The third kappa shape index (κ3) is 5.30. The van der Waals surface area contributed by atoms with Gasteiger partial charge in [0.15, 0.2) is 0 Å². The summed E-state index contributed by atoms with van der Waals surface area (Å²) in [5.41, 5.74) is 1.81. The monoisotopic (exact) mass is 356 g/mol. The number of nitrogens with one attached hydrogen (secondary N) is 2. The Kier molecular flexibility index (Phi) is 6.62. The molecule has 2 heterocycles. The predicted octanol–water partition coefficient (Wildman–Crippen LogP) is 2.85. The zero-order valence-electron chi connectivity index (χ0n) is 13.4. The van der Waals surface area contributed by atoms with Crippen molar-refractivity contribution >= 4 is 34.8 Å². The molecule has 1 aromatic rings. The van der Waals surface area contributed by atoms with E-state index in [-0.39, 0.29) is 18.3 Å². The molecule has 1 aromatic carbocycles. The zero-order chi connectivity index (χ0) is 15.5. The lowest BCUT2D eigenvalue weighted by Gasteiger charge is -2.28. The first-order valence-corrected chi connectivity index (χ1v) is 9.76. The van der Waals surface area contributed by atoms with Crippen LogP contribution in [0.2, 0.25) is 0 Å². The van der Waals surface area contributed by atoms with E-state index in [0.29, 0.717) is 30.2 Å². The largest absolute Gasteiger partial charge is 0.326 e. The average Bonchev–Trinajstić information content (AvgIpc) is 2.77. The molecule has 2 aliphatic heterocycles. The molecule has 0 saturated carbocycles. The third-order valence-corrected chi connectivity index (χ3v) is 5.37. The van der Waals surface area contributed by atoms with Crippen LogP contribution in [-0.4, -0.2) is 28.5 Å². The van der Waals surface area contributed by atoms with Gasteiger partial charge in [0, 0.05) is 47.0 Å². The maximum atomic E-state index is 12.3. The topological polar surface area (TPSA) is 58.2 Å². The van der Waals surface area contributed by atoms with E-state index in [1.54, 1.807) is 6.26 Å². The highest BCUT2D eigenvalue weighted by atomic mass is 35.5. The van der Waals surface area contributed by atoms with Crippen molar-refractivity contribution in [3.8, 4) is 0 Å². The van der Waals surface area contributed by atoms with Gasteiger partial charge in [-0.2, -0.15) is 0 Å². The minimum Gasteiger partial charge on any atom is -0.326 e. The van der Waals surface area contributed by atoms with Gasteiger partial charge in [-0.25, -0.2) is 0 Å². The van der Waals surface area contributed by atoms with Gasteiger partial charge in [0.1, 0.15) is 0 Å². The number of hydrogen-bond acceptors (Lipinski definition) is 3. The number of anilines is 1. The Bertz CT molecular complexity index is 569. The van der Waals surface area contributed by atoms with E-state index in [0.717, 1.165) is 24.1 Å². The first-order chi connectivity index (χ1) is 10.6. The number of hydrogen-bond donors (Lipinski definition) is 2. The Labute approximate surface area is 146 Å². The molecule has 3 rings (SSSR count). The Morgan fingerprint density at radius 3 is 2.65 bits per heavy atom. The number of rotatable bonds is 5. The number of amides is 1. The maximum Gasteiger partial charge on any atom is 0.224 e. The average molecular weight is 357 g/mol. The van der Waals surface area contributed by atoms with Crippen molar-refractivity contribution in [1.29, 1.82) is 0 Å². The standard InChI is InChI=1S/C17H24N2O2S.ClH/c1-22(21)11-12-3-2-4-14(7-12)19-17(20)10-13-8-15-5-6-16(9-13)18-15;/h2-4,7,13,15-16,18H,5-6,8-11H2,1H3,(H,19,20);1H. The molecule has 0 aromatic heterocycles. The third-order valence-electron chi connectivity index (χ3n) is 4.63. The van der Waals surface area contributed by atoms with Crippen molar-refractivity contribution in [2.45, 2.75) is 49.9 Å². The molecule has 2 saturated heterocycles. The summed E-state index contributed by atoms with van der Waals surface area (Å²) in [6.07, 6.45) is 7.07. The Balaban J connectivity index is 0.00000192. The number of fused-ring (bicyclic) bond motifs is 2.